The molecule has 1 atom stereocenters. The summed E-state index contributed by atoms with van der Waals surface area (Å²) in [5.41, 5.74) is 6.30. The van der Waals surface area contributed by atoms with Gasteiger partial charge in [-0.25, -0.2) is 0 Å². The molecular weight excluding hydrogens is 254 g/mol. The third-order valence-electron chi connectivity index (χ3n) is 2.12. The second-order valence-corrected chi connectivity index (χ2v) is 6.15. The SMILES string of the molecule is Nc1cccc(OCCS(=O)c2cccs2)c1. The van der Waals surface area contributed by atoms with Crippen LogP contribution in [-0.2, 0) is 10.8 Å². The van der Waals surface area contributed by atoms with Crippen LogP contribution in [0.2, 0.25) is 0 Å². The highest BCUT2D eigenvalue weighted by atomic mass is 32.2. The van der Waals surface area contributed by atoms with E-state index in [0.717, 1.165) is 4.21 Å². The van der Waals surface area contributed by atoms with Gasteiger partial charge in [-0.2, -0.15) is 0 Å². The molecule has 0 saturated heterocycles. The molecule has 2 rings (SSSR count). The van der Waals surface area contributed by atoms with Crippen LogP contribution >= 0.6 is 11.3 Å². The molecular formula is C12H13NO2S2. The summed E-state index contributed by atoms with van der Waals surface area (Å²) >= 11 is 1.50. The lowest BCUT2D eigenvalue weighted by Crippen LogP contribution is -2.07. The minimum Gasteiger partial charge on any atom is -0.493 e. The predicted octanol–water partition coefficient (Wildman–Crippen LogP) is 2.52. The van der Waals surface area contributed by atoms with E-state index in [9.17, 15) is 4.21 Å². The topological polar surface area (TPSA) is 52.3 Å². The molecule has 90 valence electrons. The molecule has 0 saturated carbocycles. The van der Waals surface area contributed by atoms with Crippen molar-refractivity contribution in [2.75, 3.05) is 18.1 Å². The molecule has 1 aromatic carbocycles. The van der Waals surface area contributed by atoms with Gasteiger partial charge in [0.05, 0.1) is 20.8 Å². The van der Waals surface area contributed by atoms with E-state index in [2.05, 4.69) is 0 Å². The van der Waals surface area contributed by atoms with Crippen molar-refractivity contribution in [1.82, 2.24) is 0 Å². The summed E-state index contributed by atoms with van der Waals surface area (Å²) in [6.07, 6.45) is 0. The first-order valence-corrected chi connectivity index (χ1v) is 7.36. The van der Waals surface area contributed by atoms with Crippen LogP contribution in [0.5, 0.6) is 5.75 Å². The Balaban J connectivity index is 1.82. The molecule has 1 unspecified atom stereocenters. The standard InChI is InChI=1S/C12H13NO2S2/c13-10-3-1-4-11(9-10)15-6-8-17(14)12-5-2-7-16-12/h1-5,7,9H,6,8,13H2. The number of hydrogen-bond donors (Lipinski definition) is 1. The molecule has 0 aliphatic carbocycles. The molecule has 0 fully saturated rings. The van der Waals surface area contributed by atoms with Crippen LogP contribution in [0.3, 0.4) is 0 Å². The van der Waals surface area contributed by atoms with E-state index in [0.29, 0.717) is 23.8 Å². The predicted molar refractivity (Wildman–Crippen MR) is 71.9 cm³/mol. The average Bonchev–Trinajstić information content (AvgIpc) is 2.82. The van der Waals surface area contributed by atoms with Gasteiger partial charge >= 0.3 is 0 Å². The number of hydrogen-bond acceptors (Lipinski definition) is 4. The number of rotatable bonds is 5. The van der Waals surface area contributed by atoms with Gasteiger partial charge in [0, 0.05) is 11.8 Å². The Morgan fingerprint density at radius 2 is 2.18 bits per heavy atom. The summed E-state index contributed by atoms with van der Waals surface area (Å²) in [6.45, 7) is 0.425. The largest absolute Gasteiger partial charge is 0.493 e. The maximum Gasteiger partial charge on any atom is 0.121 e. The number of nitrogens with two attached hydrogens (primary N) is 1. The van der Waals surface area contributed by atoms with Crippen molar-refractivity contribution in [2.45, 2.75) is 4.21 Å². The van der Waals surface area contributed by atoms with Crippen LogP contribution in [0.15, 0.2) is 46.0 Å². The van der Waals surface area contributed by atoms with E-state index in [1.54, 1.807) is 12.1 Å². The zero-order valence-electron chi connectivity index (χ0n) is 9.17. The fourth-order valence-electron chi connectivity index (χ4n) is 1.33. The van der Waals surface area contributed by atoms with Gasteiger partial charge in [0.1, 0.15) is 12.4 Å². The zero-order chi connectivity index (χ0) is 12.1. The first-order valence-electron chi connectivity index (χ1n) is 5.16. The van der Waals surface area contributed by atoms with Gasteiger partial charge in [0.2, 0.25) is 0 Å². The molecule has 0 spiro atoms. The third kappa shape index (κ3) is 3.57. The van der Waals surface area contributed by atoms with Crippen molar-refractivity contribution in [3.8, 4) is 5.75 Å². The van der Waals surface area contributed by atoms with E-state index in [1.807, 2.05) is 29.6 Å². The Kier molecular flexibility index (Phi) is 4.17. The van der Waals surface area contributed by atoms with Crippen LogP contribution < -0.4 is 10.5 Å². The van der Waals surface area contributed by atoms with Gasteiger partial charge < -0.3 is 10.5 Å². The van der Waals surface area contributed by atoms with Gasteiger partial charge in [-0.3, -0.25) is 4.21 Å². The van der Waals surface area contributed by atoms with E-state index in [4.69, 9.17) is 10.5 Å². The Bertz CT molecular complexity index is 497. The molecule has 1 aromatic heterocycles. The number of thiophene rings is 1. The normalized spacial score (nSPS) is 12.2. The van der Waals surface area contributed by atoms with Crippen molar-refractivity contribution in [3.05, 3.63) is 41.8 Å². The monoisotopic (exact) mass is 267 g/mol. The fourth-order valence-corrected chi connectivity index (χ4v) is 3.29. The summed E-state index contributed by atoms with van der Waals surface area (Å²) in [5, 5.41) is 1.92. The lowest BCUT2D eigenvalue weighted by molar-refractivity contribution is 0.343. The van der Waals surface area contributed by atoms with E-state index >= 15 is 0 Å². The first kappa shape index (κ1) is 12.1. The molecule has 0 amide bonds. The van der Waals surface area contributed by atoms with Crippen molar-refractivity contribution in [2.24, 2.45) is 0 Å². The van der Waals surface area contributed by atoms with Gasteiger partial charge in [-0.1, -0.05) is 12.1 Å². The summed E-state index contributed by atoms with van der Waals surface area (Å²) in [4.78, 5) is 0. The third-order valence-corrected chi connectivity index (χ3v) is 4.75. The first-order chi connectivity index (χ1) is 8.25. The molecule has 2 N–H and O–H groups in total. The maximum absolute atomic E-state index is 11.8. The molecule has 0 radical (unpaired) electrons. The van der Waals surface area contributed by atoms with Crippen LogP contribution in [-0.4, -0.2) is 16.6 Å². The minimum atomic E-state index is -0.969. The van der Waals surface area contributed by atoms with E-state index < -0.39 is 10.8 Å². The van der Waals surface area contributed by atoms with Gasteiger partial charge in [-0.15, -0.1) is 11.3 Å². The molecule has 17 heavy (non-hydrogen) atoms. The van der Waals surface area contributed by atoms with Crippen molar-refractivity contribution in [1.29, 1.82) is 0 Å². The summed E-state index contributed by atoms with van der Waals surface area (Å²) in [6, 6.07) is 11.0. The molecule has 3 nitrogen and oxygen atoms in total. The summed E-state index contributed by atoms with van der Waals surface area (Å²) in [7, 11) is -0.969. The Morgan fingerprint density at radius 3 is 2.88 bits per heavy atom. The number of ether oxygens (including phenoxy) is 1. The van der Waals surface area contributed by atoms with Gasteiger partial charge in [-0.05, 0) is 23.6 Å². The Hall–Kier alpha value is -1.33. The molecule has 1 heterocycles. The molecule has 0 aliphatic rings. The second-order valence-electron chi connectivity index (χ2n) is 3.40. The van der Waals surface area contributed by atoms with Crippen molar-refractivity contribution < 1.29 is 8.95 Å². The number of benzene rings is 1. The highest BCUT2D eigenvalue weighted by molar-refractivity contribution is 7.87. The average molecular weight is 267 g/mol. The van der Waals surface area contributed by atoms with Crippen LogP contribution in [0.1, 0.15) is 0 Å². The summed E-state index contributed by atoms with van der Waals surface area (Å²) in [5.74, 6) is 1.21. The van der Waals surface area contributed by atoms with Crippen LogP contribution in [0.4, 0.5) is 5.69 Å². The van der Waals surface area contributed by atoms with Crippen LogP contribution in [0.25, 0.3) is 0 Å². The highest BCUT2D eigenvalue weighted by Crippen LogP contribution is 2.16. The number of anilines is 1. The molecule has 0 bridgehead atoms. The zero-order valence-corrected chi connectivity index (χ0v) is 10.8. The summed E-state index contributed by atoms with van der Waals surface area (Å²) < 4.78 is 18.2. The lowest BCUT2D eigenvalue weighted by atomic mass is 10.3. The quantitative estimate of drug-likeness (QED) is 0.847. The smallest absolute Gasteiger partial charge is 0.121 e. The lowest BCUT2D eigenvalue weighted by Gasteiger charge is -2.05. The fraction of sp³-hybridized carbons (Fsp3) is 0.167. The van der Waals surface area contributed by atoms with Crippen molar-refractivity contribution in [3.63, 3.8) is 0 Å². The minimum absolute atomic E-state index is 0.425. The molecule has 2 aromatic rings. The van der Waals surface area contributed by atoms with E-state index in [1.165, 1.54) is 11.3 Å². The van der Waals surface area contributed by atoms with Crippen molar-refractivity contribution >= 4 is 27.8 Å². The number of nitrogen functional groups attached to an aromatic ring is 1. The van der Waals surface area contributed by atoms with Crippen LogP contribution in [0, 0.1) is 0 Å². The molecule has 5 heteroatoms. The second kappa shape index (κ2) is 5.84. The maximum atomic E-state index is 11.8. The molecule has 0 aliphatic heterocycles. The Labute approximate surface area is 107 Å². The van der Waals surface area contributed by atoms with E-state index in [-0.39, 0.29) is 0 Å². The van der Waals surface area contributed by atoms with Gasteiger partial charge in [0.15, 0.2) is 0 Å². The highest BCUT2D eigenvalue weighted by Gasteiger charge is 2.04. The Morgan fingerprint density at radius 1 is 1.29 bits per heavy atom. The van der Waals surface area contributed by atoms with Gasteiger partial charge in [0.25, 0.3) is 0 Å².